The molecule has 0 aromatic heterocycles. The molecule has 36 heavy (non-hydrogen) atoms. The molecule has 0 aliphatic carbocycles. The number of nitrogens with zero attached hydrogens (tertiary/aromatic N) is 3. The molecule has 0 saturated carbocycles. The highest BCUT2D eigenvalue weighted by Crippen LogP contribution is 2.27. The Kier molecular flexibility index (Phi) is 9.65. The van der Waals surface area contributed by atoms with Crippen LogP contribution in [0.4, 0.5) is 0 Å². The van der Waals surface area contributed by atoms with Crippen LogP contribution >= 0.6 is 0 Å². The molecule has 0 spiro atoms. The molecule has 6 heteroatoms. The second-order valence-electron chi connectivity index (χ2n) is 8.95. The van der Waals surface area contributed by atoms with E-state index in [0.29, 0.717) is 44.8 Å². The van der Waals surface area contributed by atoms with Crippen molar-refractivity contribution in [1.82, 2.24) is 20.0 Å². The molecule has 1 unspecified atom stereocenters. The van der Waals surface area contributed by atoms with E-state index >= 15 is 0 Å². The van der Waals surface area contributed by atoms with E-state index in [9.17, 15) is 9.59 Å². The minimum Gasteiger partial charge on any atom is -0.387 e. The number of fused-ring (bicyclic) bond motifs is 1. The summed E-state index contributed by atoms with van der Waals surface area (Å²) < 4.78 is 0. The van der Waals surface area contributed by atoms with Gasteiger partial charge in [0.25, 0.3) is 5.91 Å². The lowest BCUT2D eigenvalue weighted by Crippen LogP contribution is -2.40. The van der Waals surface area contributed by atoms with E-state index in [2.05, 4.69) is 36.4 Å². The molecule has 0 radical (unpaired) electrons. The molecule has 3 rings (SSSR count). The Morgan fingerprint density at radius 1 is 1.22 bits per heavy atom. The molecular formula is C30H38N4O2. The quantitative estimate of drug-likeness (QED) is 0.393. The average Bonchev–Trinajstić information content (AvgIpc) is 3.04. The van der Waals surface area contributed by atoms with Crippen molar-refractivity contribution < 1.29 is 9.59 Å². The van der Waals surface area contributed by atoms with Gasteiger partial charge in [-0.15, -0.1) is 6.58 Å². The fourth-order valence-corrected chi connectivity index (χ4v) is 4.49. The van der Waals surface area contributed by atoms with E-state index in [-0.39, 0.29) is 17.9 Å². The Hall–Kier alpha value is -3.64. The van der Waals surface area contributed by atoms with Gasteiger partial charge >= 0.3 is 0 Å². The number of rotatable bonds is 10. The average molecular weight is 487 g/mol. The Balaban J connectivity index is 1.83. The van der Waals surface area contributed by atoms with E-state index in [1.165, 1.54) is 0 Å². The monoisotopic (exact) mass is 486 g/mol. The van der Waals surface area contributed by atoms with Crippen molar-refractivity contribution in [2.45, 2.75) is 33.4 Å². The zero-order chi connectivity index (χ0) is 26.1. The molecule has 1 atom stereocenters. The summed E-state index contributed by atoms with van der Waals surface area (Å²) in [4.78, 5) is 32.1. The summed E-state index contributed by atoms with van der Waals surface area (Å²) in [5.74, 6) is 0.0332. The Morgan fingerprint density at radius 2 is 1.97 bits per heavy atom. The summed E-state index contributed by atoms with van der Waals surface area (Å²) in [6.07, 6.45) is 13.7. The second kappa shape index (κ2) is 12.9. The van der Waals surface area contributed by atoms with Crippen LogP contribution in [0.2, 0.25) is 0 Å². The third-order valence-corrected chi connectivity index (χ3v) is 6.63. The Bertz CT molecular complexity index is 1090. The standard InChI is InChI=1S/C30H38N4O2/c1-6-10-11-25(8-3)23(5)33-21-27-19-31-17-16-28(27)34(29(35)22-33)20-24-12-14-26(15-13-24)30(36)32(9-4)18-7-2/h6-8,10-16,19,23,31H,2-3,9,17-18,20-22H2,1,4-5H3/b10-6+,25-11+. The third-order valence-electron chi connectivity index (χ3n) is 6.63. The molecule has 1 N–H and O–H groups in total. The number of carbonyl (C=O) groups is 2. The third kappa shape index (κ3) is 6.32. The first-order valence-corrected chi connectivity index (χ1v) is 12.5. The topological polar surface area (TPSA) is 55.9 Å². The van der Waals surface area contributed by atoms with Crippen LogP contribution in [-0.4, -0.2) is 65.3 Å². The van der Waals surface area contributed by atoms with Crippen molar-refractivity contribution in [3.8, 4) is 0 Å². The lowest BCUT2D eigenvalue weighted by atomic mass is 10.0. The summed E-state index contributed by atoms with van der Waals surface area (Å²) in [7, 11) is 0. The number of hydrogen-bond donors (Lipinski definition) is 1. The predicted molar refractivity (Wildman–Crippen MR) is 147 cm³/mol. The van der Waals surface area contributed by atoms with Crippen LogP contribution in [0.3, 0.4) is 0 Å². The molecule has 1 saturated heterocycles. The zero-order valence-electron chi connectivity index (χ0n) is 21.7. The van der Waals surface area contributed by atoms with E-state index in [0.717, 1.165) is 22.4 Å². The number of benzene rings is 1. The van der Waals surface area contributed by atoms with Crippen molar-refractivity contribution in [3.63, 3.8) is 0 Å². The van der Waals surface area contributed by atoms with E-state index in [1.54, 1.807) is 11.0 Å². The molecule has 190 valence electrons. The fraction of sp³-hybridized carbons (Fsp3) is 0.333. The molecule has 2 amide bonds. The fourth-order valence-electron chi connectivity index (χ4n) is 4.49. The molecule has 0 bridgehead atoms. The largest absolute Gasteiger partial charge is 0.387 e. The number of dihydropyridines is 1. The Labute approximate surface area is 215 Å². The van der Waals surface area contributed by atoms with Crippen molar-refractivity contribution in [3.05, 3.63) is 108 Å². The van der Waals surface area contributed by atoms with Crippen LogP contribution in [0.25, 0.3) is 0 Å². The van der Waals surface area contributed by atoms with Gasteiger partial charge < -0.3 is 15.1 Å². The zero-order valence-corrected chi connectivity index (χ0v) is 21.7. The number of nitrogens with one attached hydrogen (secondary N) is 1. The highest BCUT2D eigenvalue weighted by atomic mass is 16.2. The number of hydrogen-bond acceptors (Lipinski definition) is 4. The number of amides is 2. The Morgan fingerprint density at radius 3 is 2.61 bits per heavy atom. The maximum Gasteiger partial charge on any atom is 0.254 e. The summed E-state index contributed by atoms with van der Waals surface area (Å²) in [5.41, 5.74) is 4.72. The molecular weight excluding hydrogens is 448 g/mol. The normalized spacial score (nSPS) is 17.5. The van der Waals surface area contributed by atoms with Gasteiger partial charge in [0.2, 0.25) is 5.91 Å². The molecule has 2 aliphatic heterocycles. The van der Waals surface area contributed by atoms with Crippen LogP contribution < -0.4 is 5.32 Å². The molecule has 2 heterocycles. The van der Waals surface area contributed by atoms with Crippen LogP contribution in [0.15, 0.2) is 96.9 Å². The van der Waals surface area contributed by atoms with Gasteiger partial charge in [-0.05, 0) is 50.1 Å². The van der Waals surface area contributed by atoms with Crippen molar-refractivity contribution in [2.75, 3.05) is 32.7 Å². The molecule has 2 aliphatic rings. The minimum absolute atomic E-state index is 0.0188. The summed E-state index contributed by atoms with van der Waals surface area (Å²) in [6, 6.07) is 7.60. The van der Waals surface area contributed by atoms with Crippen molar-refractivity contribution >= 4 is 11.8 Å². The highest BCUT2D eigenvalue weighted by molar-refractivity contribution is 5.94. The highest BCUT2D eigenvalue weighted by Gasteiger charge is 2.32. The van der Waals surface area contributed by atoms with Gasteiger partial charge in [0, 0.05) is 55.3 Å². The first kappa shape index (κ1) is 27.0. The van der Waals surface area contributed by atoms with Crippen LogP contribution in [0, 0.1) is 0 Å². The molecule has 1 aromatic carbocycles. The number of allylic oxidation sites excluding steroid dienone is 3. The first-order valence-electron chi connectivity index (χ1n) is 12.5. The van der Waals surface area contributed by atoms with Gasteiger partial charge in [0.1, 0.15) is 0 Å². The predicted octanol–water partition coefficient (Wildman–Crippen LogP) is 4.43. The smallest absolute Gasteiger partial charge is 0.254 e. The number of carbonyl (C=O) groups excluding carboxylic acids is 2. The summed E-state index contributed by atoms with van der Waals surface area (Å²) in [5, 5.41) is 3.30. The lowest BCUT2D eigenvalue weighted by Gasteiger charge is -2.28. The maximum atomic E-state index is 13.6. The van der Waals surface area contributed by atoms with Gasteiger partial charge in [-0.25, -0.2) is 0 Å². The van der Waals surface area contributed by atoms with Gasteiger partial charge in [-0.2, -0.15) is 0 Å². The molecule has 1 aromatic rings. The minimum atomic E-state index is -0.0188. The van der Waals surface area contributed by atoms with Crippen LogP contribution in [-0.2, 0) is 11.3 Å². The van der Waals surface area contributed by atoms with Crippen molar-refractivity contribution in [1.29, 1.82) is 0 Å². The lowest BCUT2D eigenvalue weighted by molar-refractivity contribution is -0.130. The van der Waals surface area contributed by atoms with E-state index in [1.807, 2.05) is 73.5 Å². The van der Waals surface area contributed by atoms with Crippen LogP contribution in [0.1, 0.15) is 36.7 Å². The first-order chi connectivity index (χ1) is 17.4. The second-order valence-corrected chi connectivity index (χ2v) is 8.95. The van der Waals surface area contributed by atoms with Crippen molar-refractivity contribution in [2.24, 2.45) is 0 Å². The van der Waals surface area contributed by atoms with Gasteiger partial charge in [-0.1, -0.05) is 49.1 Å². The van der Waals surface area contributed by atoms with Gasteiger partial charge in [0.15, 0.2) is 0 Å². The molecule has 6 nitrogen and oxygen atoms in total. The van der Waals surface area contributed by atoms with E-state index < -0.39 is 0 Å². The molecule has 1 fully saturated rings. The number of likely N-dealkylation sites (N-methyl/N-ethyl adjacent to an activating group) is 1. The maximum absolute atomic E-state index is 13.6. The summed E-state index contributed by atoms with van der Waals surface area (Å²) >= 11 is 0. The van der Waals surface area contributed by atoms with E-state index in [4.69, 9.17) is 0 Å². The SMILES string of the molecule is C=CCN(CC)C(=O)c1ccc(CN2C(=O)CN(C(C)/C(C=C)=C/C=C/C)CC3=CNCC=C32)cc1. The van der Waals surface area contributed by atoms with Gasteiger partial charge in [0.05, 0.1) is 13.1 Å². The summed E-state index contributed by atoms with van der Waals surface area (Å²) in [6.45, 7) is 17.0. The van der Waals surface area contributed by atoms with Crippen LogP contribution in [0.5, 0.6) is 0 Å². The van der Waals surface area contributed by atoms with Gasteiger partial charge in [-0.3, -0.25) is 14.5 Å².